The van der Waals surface area contributed by atoms with Gasteiger partial charge in [-0.05, 0) is 59.7 Å². The highest BCUT2D eigenvalue weighted by Gasteiger charge is 2.07. The second kappa shape index (κ2) is 7.71. The topological polar surface area (TPSA) is 0 Å². The van der Waals surface area contributed by atoms with E-state index in [1.165, 1.54) is 11.1 Å². The predicted octanol–water partition coefficient (Wildman–Crippen LogP) is 6.92. The average Bonchev–Trinajstić information content (AvgIpc) is 2.74. The van der Waals surface area contributed by atoms with E-state index in [-0.39, 0.29) is 5.82 Å². The van der Waals surface area contributed by atoms with Crippen LogP contribution in [0.3, 0.4) is 0 Å². The average molecular weight is 364 g/mol. The van der Waals surface area contributed by atoms with Crippen molar-refractivity contribution in [2.24, 2.45) is 0 Å². The van der Waals surface area contributed by atoms with Gasteiger partial charge in [-0.3, -0.25) is 0 Å². The fraction of sp³-hybridized carbons (Fsp3) is 0.111. The summed E-state index contributed by atoms with van der Waals surface area (Å²) in [6, 6.07) is 26.0. The summed E-state index contributed by atoms with van der Waals surface area (Å²) in [5.41, 5.74) is 6.04. The largest absolute Gasteiger partial charge is 0.205 e. The van der Waals surface area contributed by atoms with Crippen LogP contribution in [0.2, 0.25) is 0 Å². The molecule has 0 atom stereocenters. The van der Waals surface area contributed by atoms with Crippen molar-refractivity contribution >= 4 is 10.8 Å². The minimum absolute atomic E-state index is 0.259. The summed E-state index contributed by atoms with van der Waals surface area (Å²) in [7, 11) is 0. The van der Waals surface area contributed by atoms with Gasteiger partial charge >= 0.3 is 0 Å². The Balaban J connectivity index is 1.69. The first kappa shape index (κ1) is 18.0. The SMILES string of the molecule is CCc1ccc(-c2ccc3c(F)c(C#Cc4ccc(C)cc4)ccc3c2)cc1. The maximum absolute atomic E-state index is 15.0. The maximum atomic E-state index is 15.0. The molecule has 0 fully saturated rings. The van der Waals surface area contributed by atoms with Gasteiger partial charge in [-0.1, -0.05) is 78.9 Å². The van der Waals surface area contributed by atoms with Crippen molar-refractivity contribution in [2.45, 2.75) is 20.3 Å². The zero-order valence-corrected chi connectivity index (χ0v) is 16.1. The molecule has 0 saturated heterocycles. The molecule has 0 amide bonds. The summed E-state index contributed by atoms with van der Waals surface area (Å²) in [4.78, 5) is 0. The van der Waals surface area contributed by atoms with Crippen LogP contribution >= 0.6 is 0 Å². The first-order valence-corrected chi connectivity index (χ1v) is 9.54. The van der Waals surface area contributed by atoms with Gasteiger partial charge in [0.05, 0.1) is 5.56 Å². The molecule has 4 aromatic carbocycles. The summed E-state index contributed by atoms with van der Waals surface area (Å²) in [6.45, 7) is 4.18. The smallest absolute Gasteiger partial charge is 0.146 e. The lowest BCUT2D eigenvalue weighted by Gasteiger charge is -2.07. The molecule has 0 unspecified atom stereocenters. The van der Waals surface area contributed by atoms with E-state index < -0.39 is 0 Å². The van der Waals surface area contributed by atoms with Crippen LogP contribution in [-0.2, 0) is 6.42 Å². The van der Waals surface area contributed by atoms with Crippen LogP contribution in [0.4, 0.5) is 4.39 Å². The number of hydrogen-bond donors (Lipinski definition) is 0. The molecule has 28 heavy (non-hydrogen) atoms. The molecular formula is C27H21F. The number of rotatable bonds is 2. The van der Waals surface area contributed by atoms with Crippen molar-refractivity contribution < 1.29 is 4.39 Å². The van der Waals surface area contributed by atoms with E-state index in [9.17, 15) is 4.39 Å². The zero-order chi connectivity index (χ0) is 19.5. The van der Waals surface area contributed by atoms with Crippen LogP contribution in [0.5, 0.6) is 0 Å². The van der Waals surface area contributed by atoms with Crippen molar-refractivity contribution in [3.05, 3.63) is 107 Å². The first-order valence-electron chi connectivity index (χ1n) is 9.54. The highest BCUT2D eigenvalue weighted by Crippen LogP contribution is 2.27. The lowest BCUT2D eigenvalue weighted by Crippen LogP contribution is -1.88. The molecule has 0 aromatic heterocycles. The highest BCUT2D eigenvalue weighted by atomic mass is 19.1. The van der Waals surface area contributed by atoms with Gasteiger partial charge in [-0.15, -0.1) is 0 Å². The standard InChI is InChI=1S/C27H21F/c1-3-20-8-11-22(12-9-20)24-16-17-26-25(18-24)15-14-23(27(26)28)13-10-21-6-4-19(2)5-7-21/h4-9,11-12,14-18H,3H2,1-2H3. The van der Waals surface area contributed by atoms with Gasteiger partial charge in [-0.25, -0.2) is 4.39 Å². The maximum Gasteiger partial charge on any atom is 0.146 e. The number of benzene rings is 4. The predicted molar refractivity (Wildman–Crippen MR) is 116 cm³/mol. The van der Waals surface area contributed by atoms with Crippen LogP contribution in [0.15, 0.2) is 78.9 Å². The third kappa shape index (κ3) is 3.68. The number of fused-ring (bicyclic) bond motifs is 1. The van der Waals surface area contributed by atoms with E-state index in [0.29, 0.717) is 10.9 Å². The Hall–Kier alpha value is -3.37. The highest BCUT2D eigenvalue weighted by molar-refractivity contribution is 5.89. The van der Waals surface area contributed by atoms with E-state index in [1.807, 2.05) is 55.5 Å². The Morgan fingerprint density at radius 1 is 0.750 bits per heavy atom. The summed E-state index contributed by atoms with van der Waals surface area (Å²) < 4.78 is 15.0. The first-order chi connectivity index (χ1) is 13.6. The van der Waals surface area contributed by atoms with Crippen LogP contribution < -0.4 is 0 Å². The van der Waals surface area contributed by atoms with Gasteiger partial charge in [0.1, 0.15) is 5.82 Å². The monoisotopic (exact) mass is 364 g/mol. The minimum atomic E-state index is -0.259. The van der Waals surface area contributed by atoms with Crippen molar-refractivity contribution in [1.29, 1.82) is 0 Å². The van der Waals surface area contributed by atoms with Crippen LogP contribution in [-0.4, -0.2) is 0 Å². The third-order valence-electron chi connectivity index (χ3n) is 5.04. The lowest BCUT2D eigenvalue weighted by molar-refractivity contribution is 0.636. The van der Waals surface area contributed by atoms with E-state index in [4.69, 9.17) is 0 Å². The van der Waals surface area contributed by atoms with Gasteiger partial charge < -0.3 is 0 Å². The Bertz CT molecular complexity index is 1190. The number of hydrogen-bond acceptors (Lipinski definition) is 0. The Labute approximate surface area is 165 Å². The fourth-order valence-electron chi connectivity index (χ4n) is 3.28. The second-order valence-corrected chi connectivity index (χ2v) is 7.03. The van der Waals surface area contributed by atoms with Crippen LogP contribution in [0.1, 0.15) is 29.2 Å². The number of halogens is 1. The van der Waals surface area contributed by atoms with Crippen molar-refractivity contribution in [3.63, 3.8) is 0 Å². The van der Waals surface area contributed by atoms with Crippen molar-refractivity contribution in [3.8, 4) is 23.0 Å². The molecule has 0 aliphatic heterocycles. The molecule has 0 saturated carbocycles. The van der Waals surface area contributed by atoms with E-state index in [1.54, 1.807) is 6.07 Å². The molecule has 0 nitrogen and oxygen atoms in total. The molecule has 0 aliphatic rings. The Morgan fingerprint density at radius 2 is 1.46 bits per heavy atom. The summed E-state index contributed by atoms with van der Waals surface area (Å²) in [5, 5.41) is 1.49. The summed E-state index contributed by atoms with van der Waals surface area (Å²) >= 11 is 0. The van der Waals surface area contributed by atoms with Crippen molar-refractivity contribution in [1.82, 2.24) is 0 Å². The Morgan fingerprint density at radius 3 is 2.18 bits per heavy atom. The molecule has 136 valence electrons. The molecule has 0 heterocycles. The summed E-state index contributed by atoms with van der Waals surface area (Å²) in [6.07, 6.45) is 1.02. The van der Waals surface area contributed by atoms with Crippen LogP contribution in [0.25, 0.3) is 21.9 Å². The van der Waals surface area contributed by atoms with Gasteiger partial charge in [-0.2, -0.15) is 0 Å². The quantitative estimate of drug-likeness (QED) is 0.339. The second-order valence-electron chi connectivity index (χ2n) is 7.03. The van der Waals surface area contributed by atoms with Crippen molar-refractivity contribution in [2.75, 3.05) is 0 Å². The van der Waals surface area contributed by atoms with Gasteiger partial charge in [0.15, 0.2) is 0 Å². The molecule has 0 radical (unpaired) electrons. The van der Waals surface area contributed by atoms with Gasteiger partial charge in [0, 0.05) is 10.9 Å². The van der Waals surface area contributed by atoms with E-state index >= 15 is 0 Å². The van der Waals surface area contributed by atoms with Crippen LogP contribution in [0, 0.1) is 24.6 Å². The number of aryl methyl sites for hydroxylation is 2. The fourth-order valence-corrected chi connectivity index (χ4v) is 3.28. The third-order valence-corrected chi connectivity index (χ3v) is 5.04. The summed E-state index contributed by atoms with van der Waals surface area (Å²) in [5.74, 6) is 5.77. The molecule has 1 heteroatoms. The molecule has 0 aliphatic carbocycles. The molecule has 0 spiro atoms. The van der Waals surface area contributed by atoms with Gasteiger partial charge in [0.25, 0.3) is 0 Å². The molecular weight excluding hydrogens is 343 g/mol. The molecule has 0 bridgehead atoms. The van der Waals surface area contributed by atoms with Gasteiger partial charge in [0.2, 0.25) is 0 Å². The normalized spacial score (nSPS) is 10.5. The molecule has 4 rings (SSSR count). The van der Waals surface area contributed by atoms with E-state index in [2.05, 4.69) is 43.0 Å². The van der Waals surface area contributed by atoms with E-state index in [0.717, 1.165) is 28.5 Å². The Kier molecular flexibility index (Phi) is 4.96. The molecule has 0 N–H and O–H groups in total. The zero-order valence-electron chi connectivity index (χ0n) is 16.1. The molecule has 4 aromatic rings. The minimum Gasteiger partial charge on any atom is -0.205 e. The lowest BCUT2D eigenvalue weighted by atomic mass is 9.98.